The molecular weight excluding hydrogens is 467 g/mol. The van der Waals surface area contributed by atoms with E-state index in [0.29, 0.717) is 10.8 Å². The third-order valence-electron chi connectivity index (χ3n) is 4.99. The van der Waals surface area contributed by atoms with Crippen LogP contribution in [0.25, 0.3) is 21.5 Å². The van der Waals surface area contributed by atoms with Gasteiger partial charge in [-0.1, -0.05) is 84.9 Å². The normalized spacial score (nSPS) is 12.6. The van der Waals surface area contributed by atoms with Gasteiger partial charge in [0.1, 0.15) is 20.2 Å². The second-order valence-electron chi connectivity index (χ2n) is 6.58. The smallest absolute Gasteiger partial charge is 0.746 e. The van der Waals surface area contributed by atoms with Gasteiger partial charge < -0.3 is 9.11 Å². The Morgan fingerprint density at radius 3 is 1.23 bits per heavy atom. The van der Waals surface area contributed by atoms with E-state index in [1.165, 1.54) is 36.4 Å². The summed E-state index contributed by atoms with van der Waals surface area (Å²) in [5, 5.41) is 1.40. The molecule has 1 radical (unpaired) electrons. The Labute approximate surface area is 184 Å². The van der Waals surface area contributed by atoms with E-state index < -0.39 is 24.3 Å². The van der Waals surface area contributed by atoms with Crippen molar-refractivity contribution < 1.29 is 43.0 Å². The molecule has 4 aromatic rings. The van der Waals surface area contributed by atoms with E-state index in [-0.39, 0.29) is 39.0 Å². The summed E-state index contributed by atoms with van der Waals surface area (Å²) in [6, 6.07) is 21.3. The Kier molecular flexibility index (Phi) is 5.81. The van der Waals surface area contributed by atoms with Crippen LogP contribution in [0.4, 0.5) is 0 Å². The molecule has 0 aliphatic rings. The van der Waals surface area contributed by atoms with Crippen molar-refractivity contribution in [1.82, 2.24) is 0 Å². The molecule has 30 heavy (non-hydrogen) atoms. The fourth-order valence-electron chi connectivity index (χ4n) is 3.83. The van der Waals surface area contributed by atoms with E-state index in [1.54, 1.807) is 48.5 Å². The van der Waals surface area contributed by atoms with E-state index in [9.17, 15) is 25.9 Å². The Morgan fingerprint density at radius 2 is 0.867 bits per heavy atom. The molecule has 0 aromatic heterocycles. The zero-order valence-electron chi connectivity index (χ0n) is 15.2. The molecule has 0 saturated heterocycles. The maximum Gasteiger partial charge on any atom is 2.00 e. The van der Waals surface area contributed by atoms with E-state index in [1.807, 2.05) is 0 Å². The topological polar surface area (TPSA) is 114 Å². The number of rotatable bonds is 4. The molecule has 0 N–H and O–H groups in total. The number of hydrogen-bond acceptors (Lipinski definition) is 6. The number of fused-ring (bicyclic) bond motifs is 2. The zero-order valence-corrected chi connectivity index (χ0v) is 18.0. The van der Waals surface area contributed by atoms with Gasteiger partial charge >= 0.3 is 17.1 Å². The van der Waals surface area contributed by atoms with Crippen molar-refractivity contribution in [3.05, 3.63) is 96.1 Å². The van der Waals surface area contributed by atoms with Crippen LogP contribution >= 0.6 is 0 Å². The van der Waals surface area contributed by atoms with Crippen LogP contribution < -0.4 is 0 Å². The van der Waals surface area contributed by atoms with Gasteiger partial charge in [0.25, 0.3) is 0 Å². The Balaban J connectivity index is 0.00000256. The molecule has 4 rings (SSSR count). The van der Waals surface area contributed by atoms with Crippen LogP contribution in [0, 0.1) is 0 Å². The van der Waals surface area contributed by atoms with Gasteiger partial charge in [0, 0.05) is 0 Å². The van der Waals surface area contributed by atoms with Gasteiger partial charge in [-0.25, -0.2) is 16.8 Å². The summed E-state index contributed by atoms with van der Waals surface area (Å²) >= 11 is 0. The largest absolute Gasteiger partial charge is 2.00 e. The van der Waals surface area contributed by atoms with Gasteiger partial charge in [-0.15, -0.1) is 0 Å². The quantitative estimate of drug-likeness (QED) is 0.326. The second-order valence-corrected chi connectivity index (χ2v) is 9.88. The third-order valence-corrected chi connectivity index (χ3v) is 8.51. The van der Waals surface area contributed by atoms with Crippen LogP contribution in [-0.2, 0) is 41.4 Å². The van der Waals surface area contributed by atoms with Gasteiger partial charge in [0.2, 0.25) is 4.08 Å². The summed E-state index contributed by atoms with van der Waals surface area (Å²) in [6.07, 6.45) is 0. The second kappa shape index (κ2) is 7.77. The minimum Gasteiger partial charge on any atom is -0.746 e. The first kappa shape index (κ1) is 22.4. The predicted molar refractivity (Wildman–Crippen MR) is 108 cm³/mol. The van der Waals surface area contributed by atoms with Crippen LogP contribution in [0.2, 0.25) is 0 Å². The van der Waals surface area contributed by atoms with Crippen molar-refractivity contribution in [1.29, 1.82) is 0 Å². The molecule has 0 unspecified atom stereocenters. The average Bonchev–Trinajstić information content (AvgIpc) is 2.67. The summed E-state index contributed by atoms with van der Waals surface area (Å²) in [4.78, 5) is 0. The van der Waals surface area contributed by atoms with Gasteiger partial charge in [0.05, 0.1) is 0 Å². The average molecular weight is 481 g/mol. The maximum atomic E-state index is 12.7. The minimum atomic E-state index is -5.72. The Morgan fingerprint density at radius 1 is 0.533 bits per heavy atom. The first-order valence-corrected chi connectivity index (χ1v) is 11.4. The molecule has 4 aromatic carbocycles. The van der Waals surface area contributed by atoms with E-state index in [4.69, 9.17) is 0 Å². The van der Waals surface area contributed by atoms with Crippen molar-refractivity contribution in [2.45, 2.75) is 4.08 Å². The summed E-state index contributed by atoms with van der Waals surface area (Å²) in [5.74, 6) is 0. The molecule has 0 aliphatic heterocycles. The van der Waals surface area contributed by atoms with Crippen molar-refractivity contribution in [2.75, 3.05) is 0 Å². The zero-order chi connectivity index (χ0) is 20.9. The first-order valence-electron chi connectivity index (χ1n) is 8.55. The molecule has 0 spiro atoms. The van der Waals surface area contributed by atoms with Gasteiger partial charge in [-0.3, -0.25) is 0 Å². The summed E-state index contributed by atoms with van der Waals surface area (Å²) in [7, 11) is -11.4. The van der Waals surface area contributed by atoms with E-state index in [0.717, 1.165) is 0 Å². The molecule has 0 aliphatic carbocycles. The van der Waals surface area contributed by atoms with E-state index in [2.05, 4.69) is 0 Å². The van der Waals surface area contributed by atoms with Crippen LogP contribution in [-0.4, -0.2) is 25.9 Å². The molecule has 0 heterocycles. The van der Waals surface area contributed by atoms with Crippen LogP contribution in [0.3, 0.4) is 0 Å². The Hall–Kier alpha value is -2.26. The third kappa shape index (κ3) is 3.24. The number of benzene rings is 4. The molecular formula is C21H14MnO6S2. The SMILES string of the molecule is O=S(=O)([O-])C(c1cccc2ccccc12)(c1cccc2ccccc12)S(=O)(=O)[O-].[Mn+2]. The molecule has 0 fully saturated rings. The van der Waals surface area contributed by atoms with Crippen molar-refractivity contribution >= 4 is 41.8 Å². The van der Waals surface area contributed by atoms with Crippen LogP contribution in [0.5, 0.6) is 0 Å². The monoisotopic (exact) mass is 481 g/mol. The maximum absolute atomic E-state index is 12.7. The van der Waals surface area contributed by atoms with Gasteiger partial charge in [-0.05, 0) is 32.7 Å². The molecule has 0 amide bonds. The summed E-state index contributed by atoms with van der Waals surface area (Å²) in [5.41, 5.74) is -0.756. The molecule has 6 nitrogen and oxygen atoms in total. The molecule has 0 bridgehead atoms. The van der Waals surface area contributed by atoms with Crippen LogP contribution in [0.1, 0.15) is 11.1 Å². The van der Waals surface area contributed by atoms with Crippen molar-refractivity contribution in [3.8, 4) is 0 Å². The predicted octanol–water partition coefficient (Wildman–Crippen LogP) is 3.28. The summed E-state index contributed by atoms with van der Waals surface area (Å²) in [6.45, 7) is 0. The van der Waals surface area contributed by atoms with Gasteiger partial charge in [0.15, 0.2) is 0 Å². The number of hydrogen-bond donors (Lipinski definition) is 0. The first-order chi connectivity index (χ1) is 13.7. The fraction of sp³-hybridized carbons (Fsp3) is 0.0476. The van der Waals surface area contributed by atoms with Crippen LogP contribution in [0.15, 0.2) is 84.9 Å². The molecule has 9 heteroatoms. The molecule has 0 atom stereocenters. The van der Waals surface area contributed by atoms with Crippen molar-refractivity contribution in [2.24, 2.45) is 0 Å². The van der Waals surface area contributed by atoms with E-state index >= 15 is 0 Å². The minimum absolute atomic E-state index is 0. The molecule has 0 saturated carbocycles. The van der Waals surface area contributed by atoms with Gasteiger partial charge in [-0.2, -0.15) is 0 Å². The standard InChI is InChI=1S/C21H16O6S2.Mn/c22-28(23,24)21(29(25,26)27,19-13-5-9-15-7-1-3-11-17(15)19)20-14-6-10-16-8-2-4-12-18(16)20;/h1-14H,(H,22,23,24)(H,25,26,27);/q;+2/p-2. The van der Waals surface area contributed by atoms with Crippen molar-refractivity contribution in [3.63, 3.8) is 0 Å². The summed E-state index contributed by atoms with van der Waals surface area (Å²) < 4.78 is 72.6. The molecule has 153 valence electrons. The fourth-order valence-corrected chi connectivity index (χ4v) is 6.62. The Bertz CT molecular complexity index is 1340.